The average molecular weight is 395 g/mol. The molecule has 0 radical (unpaired) electrons. The summed E-state index contributed by atoms with van der Waals surface area (Å²) in [6.45, 7) is 4.79. The van der Waals surface area contributed by atoms with E-state index in [-0.39, 0.29) is 0 Å². The van der Waals surface area contributed by atoms with Crippen LogP contribution in [0, 0.1) is 0 Å². The van der Waals surface area contributed by atoms with Crippen LogP contribution in [0.4, 0.5) is 0 Å². The van der Waals surface area contributed by atoms with Crippen molar-refractivity contribution in [1.29, 1.82) is 0 Å². The third kappa shape index (κ3) is 6.15. The van der Waals surface area contributed by atoms with Crippen LogP contribution in [0.15, 0.2) is 21.1 Å². The SMILES string of the molecule is CCCCCNCCOc1cc(Br)c(OC)cc1Br. The van der Waals surface area contributed by atoms with Crippen molar-refractivity contribution in [2.75, 3.05) is 26.8 Å². The quantitative estimate of drug-likeness (QED) is 0.630. The summed E-state index contributed by atoms with van der Waals surface area (Å²) < 4.78 is 12.7. The van der Waals surface area contributed by atoms with Gasteiger partial charge in [0, 0.05) is 6.54 Å². The Morgan fingerprint density at radius 3 is 2.42 bits per heavy atom. The number of benzene rings is 1. The number of nitrogens with one attached hydrogen (secondary N) is 1. The van der Waals surface area contributed by atoms with E-state index in [1.165, 1.54) is 19.3 Å². The maximum atomic E-state index is 5.73. The summed E-state index contributed by atoms with van der Waals surface area (Å²) in [5.74, 6) is 1.61. The highest BCUT2D eigenvalue weighted by molar-refractivity contribution is 9.11. The summed E-state index contributed by atoms with van der Waals surface area (Å²) in [5, 5.41) is 3.37. The van der Waals surface area contributed by atoms with Gasteiger partial charge in [0.1, 0.15) is 18.1 Å². The molecule has 0 heterocycles. The van der Waals surface area contributed by atoms with Crippen molar-refractivity contribution in [2.45, 2.75) is 26.2 Å². The second kappa shape index (κ2) is 9.61. The topological polar surface area (TPSA) is 30.5 Å². The molecule has 0 saturated carbocycles. The van der Waals surface area contributed by atoms with Crippen LogP contribution in [-0.4, -0.2) is 26.8 Å². The van der Waals surface area contributed by atoms with Gasteiger partial charge in [0.25, 0.3) is 0 Å². The van der Waals surface area contributed by atoms with Crippen LogP contribution in [0.1, 0.15) is 26.2 Å². The Balaban J connectivity index is 2.31. The lowest BCUT2D eigenvalue weighted by Gasteiger charge is -2.11. The molecule has 5 heteroatoms. The predicted octanol–water partition coefficient (Wildman–Crippen LogP) is 4.38. The van der Waals surface area contributed by atoms with E-state index < -0.39 is 0 Å². The molecule has 0 aromatic heterocycles. The summed E-state index contributed by atoms with van der Waals surface area (Å²) in [6, 6.07) is 3.81. The van der Waals surface area contributed by atoms with Crippen LogP contribution in [0.25, 0.3) is 0 Å². The molecular formula is C14H21Br2NO2. The van der Waals surface area contributed by atoms with Crippen molar-refractivity contribution >= 4 is 31.9 Å². The molecule has 0 atom stereocenters. The fourth-order valence-corrected chi connectivity index (χ4v) is 2.56. The lowest BCUT2D eigenvalue weighted by molar-refractivity contribution is 0.310. The van der Waals surface area contributed by atoms with E-state index in [1.807, 2.05) is 12.1 Å². The van der Waals surface area contributed by atoms with Crippen LogP contribution in [0.2, 0.25) is 0 Å². The van der Waals surface area contributed by atoms with Crippen molar-refractivity contribution in [2.24, 2.45) is 0 Å². The van der Waals surface area contributed by atoms with Crippen LogP contribution >= 0.6 is 31.9 Å². The maximum absolute atomic E-state index is 5.73. The zero-order valence-corrected chi connectivity index (χ0v) is 14.6. The molecule has 0 aliphatic carbocycles. The molecule has 0 fully saturated rings. The fourth-order valence-electron chi connectivity index (χ4n) is 1.64. The molecule has 0 aliphatic rings. The predicted molar refractivity (Wildman–Crippen MR) is 86.3 cm³/mol. The van der Waals surface area contributed by atoms with Gasteiger partial charge in [0.05, 0.1) is 16.1 Å². The number of ether oxygens (including phenoxy) is 2. The number of rotatable bonds is 9. The van der Waals surface area contributed by atoms with Crippen molar-refractivity contribution in [3.05, 3.63) is 21.1 Å². The van der Waals surface area contributed by atoms with Gasteiger partial charge >= 0.3 is 0 Å². The number of unbranched alkanes of at least 4 members (excludes halogenated alkanes) is 2. The zero-order chi connectivity index (χ0) is 14.1. The third-order valence-corrected chi connectivity index (χ3v) is 3.94. The van der Waals surface area contributed by atoms with Gasteiger partial charge < -0.3 is 14.8 Å². The number of hydrogen-bond acceptors (Lipinski definition) is 3. The van der Waals surface area contributed by atoms with Gasteiger partial charge in [-0.3, -0.25) is 0 Å². The number of methoxy groups -OCH3 is 1. The molecule has 1 N–H and O–H groups in total. The van der Waals surface area contributed by atoms with E-state index in [9.17, 15) is 0 Å². The minimum atomic E-state index is 0.656. The lowest BCUT2D eigenvalue weighted by Crippen LogP contribution is -2.22. The van der Waals surface area contributed by atoms with Gasteiger partial charge in [-0.15, -0.1) is 0 Å². The Hall–Kier alpha value is -0.260. The first-order valence-electron chi connectivity index (χ1n) is 6.55. The summed E-state index contributed by atoms with van der Waals surface area (Å²) in [7, 11) is 1.65. The Labute approximate surface area is 132 Å². The van der Waals surface area contributed by atoms with E-state index >= 15 is 0 Å². The molecule has 1 rings (SSSR count). The normalized spacial score (nSPS) is 10.5. The zero-order valence-electron chi connectivity index (χ0n) is 11.5. The van der Waals surface area contributed by atoms with Crippen molar-refractivity contribution < 1.29 is 9.47 Å². The number of halogens is 2. The van der Waals surface area contributed by atoms with E-state index in [2.05, 4.69) is 44.1 Å². The molecule has 108 valence electrons. The lowest BCUT2D eigenvalue weighted by atomic mass is 10.2. The van der Waals surface area contributed by atoms with Crippen molar-refractivity contribution in [1.82, 2.24) is 5.32 Å². The molecule has 1 aromatic carbocycles. The summed E-state index contributed by atoms with van der Waals surface area (Å²) >= 11 is 6.93. The molecule has 0 bridgehead atoms. The molecule has 0 saturated heterocycles. The highest BCUT2D eigenvalue weighted by Crippen LogP contribution is 2.35. The molecule has 0 amide bonds. The van der Waals surface area contributed by atoms with Crippen molar-refractivity contribution in [3.63, 3.8) is 0 Å². The summed E-state index contributed by atoms with van der Waals surface area (Å²) in [5.41, 5.74) is 0. The Bertz CT molecular complexity index is 386. The molecule has 0 aliphatic heterocycles. The minimum Gasteiger partial charge on any atom is -0.496 e. The van der Waals surface area contributed by atoms with Gasteiger partial charge in [-0.25, -0.2) is 0 Å². The smallest absolute Gasteiger partial charge is 0.134 e. The third-order valence-electron chi connectivity index (χ3n) is 2.70. The highest BCUT2D eigenvalue weighted by atomic mass is 79.9. The monoisotopic (exact) mass is 393 g/mol. The van der Waals surface area contributed by atoms with Gasteiger partial charge in [-0.2, -0.15) is 0 Å². The van der Waals surface area contributed by atoms with Gasteiger partial charge in [0.2, 0.25) is 0 Å². The van der Waals surface area contributed by atoms with Crippen molar-refractivity contribution in [3.8, 4) is 11.5 Å². The fraction of sp³-hybridized carbons (Fsp3) is 0.571. The molecule has 19 heavy (non-hydrogen) atoms. The van der Waals surface area contributed by atoms with E-state index in [4.69, 9.17) is 9.47 Å². The van der Waals surface area contributed by atoms with E-state index in [1.54, 1.807) is 7.11 Å². The molecule has 0 unspecified atom stereocenters. The average Bonchev–Trinajstić information content (AvgIpc) is 2.41. The Morgan fingerprint density at radius 1 is 1.05 bits per heavy atom. The highest BCUT2D eigenvalue weighted by Gasteiger charge is 2.07. The summed E-state index contributed by atoms with van der Waals surface area (Å²) in [6.07, 6.45) is 3.77. The van der Waals surface area contributed by atoms with E-state index in [0.29, 0.717) is 6.61 Å². The Morgan fingerprint density at radius 2 is 1.74 bits per heavy atom. The second-order valence-corrected chi connectivity index (χ2v) is 5.93. The summed E-state index contributed by atoms with van der Waals surface area (Å²) in [4.78, 5) is 0. The first kappa shape index (κ1) is 16.8. The molecular weight excluding hydrogens is 374 g/mol. The van der Waals surface area contributed by atoms with Crippen LogP contribution in [0.5, 0.6) is 11.5 Å². The largest absolute Gasteiger partial charge is 0.496 e. The molecule has 0 spiro atoms. The van der Waals surface area contributed by atoms with Gasteiger partial charge in [-0.05, 0) is 57.0 Å². The molecule has 3 nitrogen and oxygen atoms in total. The van der Waals surface area contributed by atoms with Crippen LogP contribution in [-0.2, 0) is 0 Å². The van der Waals surface area contributed by atoms with Gasteiger partial charge in [-0.1, -0.05) is 19.8 Å². The van der Waals surface area contributed by atoms with E-state index in [0.717, 1.165) is 33.5 Å². The standard InChI is InChI=1S/C14H21Br2NO2/c1-3-4-5-6-17-7-8-19-14-10-11(15)13(18-2)9-12(14)16/h9-10,17H,3-8H2,1-2H3. The van der Waals surface area contributed by atoms with Crippen LogP contribution < -0.4 is 14.8 Å². The first-order chi connectivity index (χ1) is 9.19. The maximum Gasteiger partial charge on any atom is 0.134 e. The minimum absolute atomic E-state index is 0.656. The Kier molecular flexibility index (Phi) is 8.50. The van der Waals surface area contributed by atoms with Crippen LogP contribution in [0.3, 0.4) is 0 Å². The number of hydrogen-bond donors (Lipinski definition) is 1. The molecule has 1 aromatic rings. The second-order valence-electron chi connectivity index (χ2n) is 4.22. The first-order valence-corrected chi connectivity index (χ1v) is 8.14. The van der Waals surface area contributed by atoms with Gasteiger partial charge in [0.15, 0.2) is 0 Å².